The van der Waals surface area contributed by atoms with Gasteiger partial charge in [-0.15, -0.1) is 0 Å². The fraction of sp³-hybridized carbons (Fsp3) is 0.333. The Kier molecular flexibility index (Phi) is 6.61. The molecule has 0 unspecified atom stereocenters. The normalized spacial score (nSPS) is 16.5. The van der Waals surface area contributed by atoms with Crippen LogP contribution in [0.2, 0.25) is 0 Å². The summed E-state index contributed by atoms with van der Waals surface area (Å²) in [6, 6.07) is 10.6. The molecule has 1 fully saturated rings. The minimum Gasteiger partial charge on any atom is -0.441 e. The molecule has 2 amide bonds. The van der Waals surface area contributed by atoms with Crippen molar-refractivity contribution in [2.24, 2.45) is 0 Å². The number of anilines is 1. The van der Waals surface area contributed by atoms with Crippen molar-refractivity contribution in [3.05, 3.63) is 65.8 Å². The van der Waals surface area contributed by atoms with E-state index < -0.39 is 0 Å². The van der Waals surface area contributed by atoms with Crippen LogP contribution in [0.3, 0.4) is 0 Å². The number of piperidine rings is 1. The Labute approximate surface area is 187 Å². The summed E-state index contributed by atoms with van der Waals surface area (Å²) < 4.78 is 5.82. The van der Waals surface area contributed by atoms with Gasteiger partial charge in [0.1, 0.15) is 11.5 Å². The van der Waals surface area contributed by atoms with Gasteiger partial charge in [0, 0.05) is 23.6 Å². The molecule has 1 atom stereocenters. The zero-order valence-electron chi connectivity index (χ0n) is 18.3. The molecule has 8 nitrogen and oxygen atoms in total. The summed E-state index contributed by atoms with van der Waals surface area (Å²) in [5.41, 5.74) is 2.65. The Balaban J connectivity index is 1.38. The molecule has 1 aliphatic rings. The molecule has 1 saturated heterocycles. The maximum atomic E-state index is 12.5. The van der Waals surface area contributed by atoms with E-state index >= 15 is 0 Å². The van der Waals surface area contributed by atoms with E-state index in [-0.39, 0.29) is 17.9 Å². The van der Waals surface area contributed by atoms with Gasteiger partial charge in [-0.05, 0) is 69.8 Å². The number of benzene rings is 1. The van der Waals surface area contributed by atoms with Crippen LogP contribution in [0.15, 0.2) is 53.2 Å². The highest BCUT2D eigenvalue weighted by Gasteiger charge is 2.26. The van der Waals surface area contributed by atoms with Crippen molar-refractivity contribution in [1.29, 1.82) is 0 Å². The van der Waals surface area contributed by atoms with E-state index in [4.69, 9.17) is 4.42 Å². The number of amides is 2. The van der Waals surface area contributed by atoms with Crippen molar-refractivity contribution in [2.75, 3.05) is 18.9 Å². The molecular weight excluding hydrogens is 406 g/mol. The van der Waals surface area contributed by atoms with Gasteiger partial charge in [0.05, 0.1) is 18.2 Å². The molecule has 8 heteroatoms. The van der Waals surface area contributed by atoms with Crippen LogP contribution in [-0.2, 0) is 11.3 Å². The Morgan fingerprint density at radius 2 is 2.00 bits per heavy atom. The summed E-state index contributed by atoms with van der Waals surface area (Å²) in [5, 5.41) is 5.83. The summed E-state index contributed by atoms with van der Waals surface area (Å²) in [6.07, 6.45) is 6.24. The molecular formula is C24H27N5O3. The molecule has 0 saturated carbocycles. The van der Waals surface area contributed by atoms with Gasteiger partial charge in [0.25, 0.3) is 5.91 Å². The quantitative estimate of drug-likeness (QED) is 0.618. The predicted molar refractivity (Wildman–Crippen MR) is 121 cm³/mol. The average Bonchev–Trinajstić information content (AvgIpc) is 3.19. The number of carbonyl (C=O) groups excluding carboxylic acids is 2. The van der Waals surface area contributed by atoms with Crippen LogP contribution in [0.25, 0.3) is 11.5 Å². The monoisotopic (exact) mass is 433 g/mol. The molecule has 3 aromatic rings. The van der Waals surface area contributed by atoms with Crippen LogP contribution >= 0.6 is 0 Å². The predicted octanol–water partition coefficient (Wildman–Crippen LogP) is 3.40. The number of likely N-dealkylation sites (tertiary alicyclic amines) is 1. The number of carbonyl (C=O) groups is 2. The number of hydrogen-bond acceptors (Lipinski definition) is 6. The first-order chi connectivity index (χ1) is 15.5. The Bertz CT molecular complexity index is 1080. The average molecular weight is 434 g/mol. The van der Waals surface area contributed by atoms with Crippen LogP contribution in [0.5, 0.6) is 0 Å². The van der Waals surface area contributed by atoms with Crippen molar-refractivity contribution in [3.8, 4) is 11.5 Å². The Hall–Kier alpha value is -3.52. The largest absolute Gasteiger partial charge is 0.441 e. The third-order valence-electron chi connectivity index (χ3n) is 5.71. The minimum absolute atomic E-state index is 0.0323. The van der Waals surface area contributed by atoms with E-state index in [1.54, 1.807) is 30.5 Å². The maximum Gasteiger partial charge on any atom is 0.257 e. The van der Waals surface area contributed by atoms with Crippen LogP contribution in [-0.4, -0.2) is 46.3 Å². The molecule has 0 spiro atoms. The van der Waals surface area contributed by atoms with E-state index in [1.165, 1.54) is 6.20 Å². The van der Waals surface area contributed by atoms with Gasteiger partial charge < -0.3 is 15.1 Å². The van der Waals surface area contributed by atoms with E-state index in [9.17, 15) is 9.59 Å². The summed E-state index contributed by atoms with van der Waals surface area (Å²) >= 11 is 0. The van der Waals surface area contributed by atoms with E-state index in [2.05, 4.69) is 25.5 Å². The van der Waals surface area contributed by atoms with Gasteiger partial charge in [-0.1, -0.05) is 6.42 Å². The smallest absolute Gasteiger partial charge is 0.257 e. The maximum absolute atomic E-state index is 12.5. The molecule has 166 valence electrons. The number of nitrogens with one attached hydrogen (secondary N) is 2. The number of aromatic nitrogens is 2. The second kappa shape index (κ2) is 9.74. The molecule has 4 rings (SSSR count). The van der Waals surface area contributed by atoms with Crippen molar-refractivity contribution in [2.45, 2.75) is 38.8 Å². The molecule has 1 aromatic carbocycles. The lowest BCUT2D eigenvalue weighted by Crippen LogP contribution is -2.47. The number of likely N-dealkylation sites (N-methyl/N-ethyl adjacent to an activating group) is 1. The summed E-state index contributed by atoms with van der Waals surface area (Å²) in [4.78, 5) is 35.4. The standard InChI is InChI=1S/C24H27N5O3/c1-16-20(15-26-23(31)21-7-3-4-13-29(21)2)28-24(32-16)17-8-10-19(11-9-17)27-22(30)18-6-5-12-25-14-18/h5-6,8-12,14,21H,3-4,7,13,15H2,1-2H3,(H,26,31)(H,27,30)/t21-/m0/s1. The van der Waals surface area contributed by atoms with Crippen molar-refractivity contribution < 1.29 is 14.0 Å². The van der Waals surface area contributed by atoms with Gasteiger partial charge in [-0.3, -0.25) is 19.5 Å². The minimum atomic E-state index is -0.223. The Morgan fingerprint density at radius 3 is 2.72 bits per heavy atom. The highest BCUT2D eigenvalue weighted by atomic mass is 16.4. The molecule has 0 bridgehead atoms. The zero-order chi connectivity index (χ0) is 22.5. The van der Waals surface area contributed by atoms with Crippen LogP contribution in [0, 0.1) is 6.92 Å². The lowest BCUT2D eigenvalue weighted by Gasteiger charge is -2.31. The first-order valence-electron chi connectivity index (χ1n) is 10.8. The van der Waals surface area contributed by atoms with Gasteiger partial charge in [-0.25, -0.2) is 4.98 Å². The second-order valence-electron chi connectivity index (χ2n) is 8.01. The summed E-state index contributed by atoms with van der Waals surface area (Å²) in [7, 11) is 1.99. The van der Waals surface area contributed by atoms with Gasteiger partial charge in [0.15, 0.2) is 0 Å². The fourth-order valence-electron chi connectivity index (χ4n) is 3.81. The Morgan fingerprint density at radius 1 is 1.19 bits per heavy atom. The number of rotatable bonds is 6. The lowest BCUT2D eigenvalue weighted by molar-refractivity contribution is -0.127. The number of pyridine rings is 1. The molecule has 0 aliphatic carbocycles. The lowest BCUT2D eigenvalue weighted by atomic mass is 10.0. The second-order valence-corrected chi connectivity index (χ2v) is 8.01. The van der Waals surface area contributed by atoms with Crippen LogP contribution < -0.4 is 10.6 Å². The van der Waals surface area contributed by atoms with Crippen molar-refractivity contribution in [1.82, 2.24) is 20.2 Å². The highest BCUT2D eigenvalue weighted by Crippen LogP contribution is 2.24. The summed E-state index contributed by atoms with van der Waals surface area (Å²) in [6.45, 7) is 3.12. The van der Waals surface area contributed by atoms with E-state index in [0.717, 1.165) is 31.4 Å². The summed E-state index contributed by atoms with van der Waals surface area (Å²) in [5.74, 6) is 0.960. The third kappa shape index (κ3) is 5.03. The van der Waals surface area contributed by atoms with Gasteiger partial charge >= 0.3 is 0 Å². The van der Waals surface area contributed by atoms with Gasteiger partial charge in [0.2, 0.25) is 11.8 Å². The van der Waals surface area contributed by atoms with Crippen LogP contribution in [0.4, 0.5) is 5.69 Å². The molecule has 2 N–H and O–H groups in total. The third-order valence-corrected chi connectivity index (χ3v) is 5.71. The highest BCUT2D eigenvalue weighted by molar-refractivity contribution is 6.04. The van der Waals surface area contributed by atoms with Crippen molar-refractivity contribution >= 4 is 17.5 Å². The number of nitrogens with zero attached hydrogens (tertiary/aromatic N) is 3. The number of aryl methyl sites for hydroxylation is 1. The SMILES string of the molecule is Cc1oc(-c2ccc(NC(=O)c3cccnc3)cc2)nc1CNC(=O)[C@@H]1CCCCN1C. The topological polar surface area (TPSA) is 100 Å². The molecule has 32 heavy (non-hydrogen) atoms. The van der Waals surface area contributed by atoms with E-state index in [1.807, 2.05) is 26.1 Å². The number of oxazole rings is 1. The zero-order valence-corrected chi connectivity index (χ0v) is 18.3. The molecule has 0 radical (unpaired) electrons. The first kappa shape index (κ1) is 21.7. The fourth-order valence-corrected chi connectivity index (χ4v) is 3.81. The van der Waals surface area contributed by atoms with Crippen LogP contribution in [0.1, 0.15) is 41.1 Å². The van der Waals surface area contributed by atoms with Gasteiger partial charge in [-0.2, -0.15) is 0 Å². The molecule has 2 aromatic heterocycles. The number of hydrogen-bond donors (Lipinski definition) is 2. The van der Waals surface area contributed by atoms with E-state index in [0.29, 0.717) is 35.1 Å². The first-order valence-corrected chi connectivity index (χ1v) is 10.8. The molecule has 1 aliphatic heterocycles. The van der Waals surface area contributed by atoms with Crippen molar-refractivity contribution in [3.63, 3.8) is 0 Å². The molecule has 3 heterocycles.